The van der Waals surface area contributed by atoms with Gasteiger partial charge in [-0.2, -0.15) is 5.10 Å². The van der Waals surface area contributed by atoms with Crippen molar-refractivity contribution in [3.63, 3.8) is 0 Å². The molecule has 4 N–H and O–H groups in total. The van der Waals surface area contributed by atoms with E-state index in [0.29, 0.717) is 5.56 Å². The zero-order valence-corrected chi connectivity index (χ0v) is 8.15. The van der Waals surface area contributed by atoms with Crippen molar-refractivity contribution < 1.29 is 10.2 Å². The molecule has 0 saturated carbocycles. The van der Waals surface area contributed by atoms with Crippen LogP contribution in [0.25, 0.3) is 10.4 Å². The van der Waals surface area contributed by atoms with E-state index in [-0.39, 0.29) is 12.4 Å². The van der Waals surface area contributed by atoms with Gasteiger partial charge in [-0.15, -0.1) is 0 Å². The van der Waals surface area contributed by atoms with E-state index in [1.165, 1.54) is 10.9 Å². The van der Waals surface area contributed by atoms with Gasteiger partial charge in [0.2, 0.25) is 0 Å². The maximum Gasteiger partial charge on any atom is 0.151 e. The number of nitrogens with zero attached hydrogens (tertiary/aromatic N) is 5. The number of aliphatic hydroxyl groups excluding tert-OH is 2. The third-order valence-electron chi connectivity index (χ3n) is 1.90. The highest BCUT2D eigenvalue weighted by Gasteiger charge is 2.21. The van der Waals surface area contributed by atoms with Crippen molar-refractivity contribution in [3.05, 3.63) is 22.2 Å². The maximum atomic E-state index is 9.64. The van der Waals surface area contributed by atoms with Gasteiger partial charge in [-0.1, -0.05) is 5.11 Å². The van der Waals surface area contributed by atoms with Crippen molar-refractivity contribution >= 4 is 5.82 Å². The van der Waals surface area contributed by atoms with Crippen molar-refractivity contribution in [2.75, 3.05) is 12.3 Å². The van der Waals surface area contributed by atoms with Crippen LogP contribution < -0.4 is 5.73 Å². The molecule has 0 aliphatic carbocycles. The molecule has 0 fully saturated rings. The fourth-order valence-corrected chi connectivity index (χ4v) is 1.18. The molecule has 1 heterocycles. The Kier molecular flexibility index (Phi) is 3.51. The quantitative estimate of drug-likeness (QED) is 0.359. The molecule has 1 rings (SSSR count). The van der Waals surface area contributed by atoms with Gasteiger partial charge >= 0.3 is 0 Å². The van der Waals surface area contributed by atoms with Crippen LogP contribution in [0.1, 0.15) is 11.7 Å². The van der Waals surface area contributed by atoms with E-state index in [1.807, 2.05) is 0 Å². The van der Waals surface area contributed by atoms with Gasteiger partial charge in [0.05, 0.1) is 12.6 Å². The summed E-state index contributed by atoms with van der Waals surface area (Å²) in [4.78, 5) is 2.48. The van der Waals surface area contributed by atoms with Gasteiger partial charge in [-0.3, -0.25) is 4.68 Å². The Morgan fingerprint density at radius 3 is 2.87 bits per heavy atom. The molecule has 0 bridgehead atoms. The Hall–Kier alpha value is -1.76. The monoisotopic (exact) mass is 212 g/mol. The second-order valence-corrected chi connectivity index (χ2v) is 3.07. The van der Waals surface area contributed by atoms with Gasteiger partial charge in [0.25, 0.3) is 0 Å². The molecule has 8 heteroatoms. The van der Waals surface area contributed by atoms with Crippen molar-refractivity contribution in [3.8, 4) is 0 Å². The van der Waals surface area contributed by atoms with Crippen LogP contribution in [0, 0.1) is 0 Å². The molecule has 0 aliphatic rings. The average molecular weight is 212 g/mol. The molecule has 1 aromatic rings. The number of nitrogens with two attached hydrogens (primary N) is 1. The van der Waals surface area contributed by atoms with E-state index in [9.17, 15) is 10.2 Å². The summed E-state index contributed by atoms with van der Waals surface area (Å²) in [6.45, 7) is -0.216. The first kappa shape index (κ1) is 11.3. The van der Waals surface area contributed by atoms with Gasteiger partial charge in [0.1, 0.15) is 6.10 Å². The normalized spacial score (nSPS) is 14.3. The smallest absolute Gasteiger partial charge is 0.151 e. The van der Waals surface area contributed by atoms with Gasteiger partial charge in [0, 0.05) is 23.7 Å². The van der Waals surface area contributed by atoms with E-state index in [4.69, 9.17) is 11.3 Å². The van der Waals surface area contributed by atoms with E-state index >= 15 is 0 Å². The summed E-state index contributed by atoms with van der Waals surface area (Å²) in [5.41, 5.74) is 13.9. The Bertz CT molecular complexity index is 383. The van der Waals surface area contributed by atoms with Crippen molar-refractivity contribution in [1.29, 1.82) is 0 Å². The lowest BCUT2D eigenvalue weighted by atomic mass is 10.1. The fraction of sp³-hybridized carbons (Fsp3) is 0.571. The van der Waals surface area contributed by atoms with Gasteiger partial charge < -0.3 is 15.9 Å². The van der Waals surface area contributed by atoms with E-state index in [2.05, 4.69) is 15.1 Å². The van der Waals surface area contributed by atoms with Crippen LogP contribution in [-0.2, 0) is 7.05 Å². The van der Waals surface area contributed by atoms with Crippen LogP contribution in [0.5, 0.6) is 0 Å². The summed E-state index contributed by atoms with van der Waals surface area (Å²) < 4.78 is 1.42. The highest BCUT2D eigenvalue weighted by atomic mass is 16.3. The van der Waals surface area contributed by atoms with Gasteiger partial charge in [0.15, 0.2) is 5.82 Å². The van der Waals surface area contributed by atoms with Gasteiger partial charge in [-0.25, -0.2) is 0 Å². The number of aliphatic hydroxyl groups is 2. The molecule has 0 spiro atoms. The Balaban J connectivity index is 2.79. The summed E-state index contributed by atoms with van der Waals surface area (Å²) >= 11 is 0. The lowest BCUT2D eigenvalue weighted by molar-refractivity contribution is 0.0248. The predicted molar refractivity (Wildman–Crippen MR) is 52.6 cm³/mol. The summed E-state index contributed by atoms with van der Waals surface area (Å²) in [7, 11) is 1.65. The number of hydrogen-bond donors (Lipinski definition) is 3. The molecule has 0 aromatic carbocycles. The number of anilines is 1. The summed E-state index contributed by atoms with van der Waals surface area (Å²) in [5.74, 6) is 0.144. The summed E-state index contributed by atoms with van der Waals surface area (Å²) in [6, 6.07) is 0. The lowest BCUT2D eigenvalue weighted by Crippen LogP contribution is -2.21. The SMILES string of the molecule is Cn1cc(C(O)C(O)CN=[N+]=[N-])c(N)n1. The molecule has 15 heavy (non-hydrogen) atoms. The van der Waals surface area contributed by atoms with Crippen LogP contribution in [-0.4, -0.2) is 32.6 Å². The molecule has 2 atom stereocenters. The minimum atomic E-state index is -1.20. The number of rotatable bonds is 4. The zero-order chi connectivity index (χ0) is 11.4. The standard InChI is InChI=1S/C7H12N6O2/c1-13-3-4(7(8)11-13)6(15)5(14)2-10-12-9/h3,5-6,14-15H,2H2,1H3,(H2,8,11). The number of azide groups is 1. The average Bonchev–Trinajstić information content (AvgIpc) is 2.53. The molecule has 0 saturated heterocycles. The molecular formula is C7H12N6O2. The van der Waals surface area contributed by atoms with Crippen molar-refractivity contribution in [2.45, 2.75) is 12.2 Å². The number of nitrogen functional groups attached to an aromatic ring is 1. The van der Waals surface area contributed by atoms with Crippen LogP contribution >= 0.6 is 0 Å². The van der Waals surface area contributed by atoms with E-state index in [0.717, 1.165) is 0 Å². The number of aryl methyl sites for hydroxylation is 1. The van der Waals surface area contributed by atoms with E-state index in [1.54, 1.807) is 7.05 Å². The highest BCUT2D eigenvalue weighted by Crippen LogP contribution is 2.21. The number of hydrogen-bond acceptors (Lipinski definition) is 5. The van der Waals surface area contributed by atoms with Crippen molar-refractivity contribution in [2.24, 2.45) is 12.2 Å². The van der Waals surface area contributed by atoms with Crippen LogP contribution in [0.3, 0.4) is 0 Å². The minimum absolute atomic E-state index is 0.144. The first-order chi connectivity index (χ1) is 7.06. The fourth-order valence-electron chi connectivity index (χ4n) is 1.18. The largest absolute Gasteiger partial charge is 0.390 e. The Morgan fingerprint density at radius 2 is 2.40 bits per heavy atom. The first-order valence-corrected chi connectivity index (χ1v) is 4.22. The summed E-state index contributed by atoms with van der Waals surface area (Å²) in [6.07, 6.45) is -0.893. The topological polar surface area (TPSA) is 133 Å². The minimum Gasteiger partial charge on any atom is -0.390 e. The highest BCUT2D eigenvalue weighted by molar-refractivity contribution is 5.39. The molecule has 0 radical (unpaired) electrons. The van der Waals surface area contributed by atoms with Crippen molar-refractivity contribution in [1.82, 2.24) is 9.78 Å². The van der Waals surface area contributed by atoms with E-state index < -0.39 is 12.2 Å². The molecule has 0 aliphatic heterocycles. The summed E-state index contributed by atoms with van der Waals surface area (Å²) in [5, 5.41) is 26.0. The molecule has 82 valence electrons. The third kappa shape index (κ3) is 2.59. The first-order valence-electron chi connectivity index (χ1n) is 4.22. The molecule has 2 unspecified atom stereocenters. The molecular weight excluding hydrogens is 200 g/mol. The molecule has 8 nitrogen and oxygen atoms in total. The second kappa shape index (κ2) is 4.65. The Morgan fingerprint density at radius 1 is 1.73 bits per heavy atom. The van der Waals surface area contributed by atoms with Crippen LogP contribution in [0.2, 0.25) is 0 Å². The number of aromatic nitrogens is 2. The maximum absolute atomic E-state index is 9.64. The van der Waals surface area contributed by atoms with Crippen LogP contribution in [0.15, 0.2) is 11.3 Å². The van der Waals surface area contributed by atoms with Crippen LogP contribution in [0.4, 0.5) is 5.82 Å². The zero-order valence-electron chi connectivity index (χ0n) is 8.15. The third-order valence-corrected chi connectivity index (χ3v) is 1.90. The lowest BCUT2D eigenvalue weighted by Gasteiger charge is -2.14. The molecule has 1 aromatic heterocycles. The molecule has 0 amide bonds. The second-order valence-electron chi connectivity index (χ2n) is 3.07. The Labute approximate surface area is 85.6 Å². The predicted octanol–water partition coefficient (Wildman–Crippen LogP) is -0.293. The van der Waals surface area contributed by atoms with Gasteiger partial charge in [-0.05, 0) is 5.53 Å².